The molecule has 2 aromatic rings. The molecule has 78 valence electrons. The van der Waals surface area contributed by atoms with Crippen molar-refractivity contribution in [3.63, 3.8) is 0 Å². The summed E-state index contributed by atoms with van der Waals surface area (Å²) in [6.45, 7) is 0.387. The number of hydrogen-bond donors (Lipinski definition) is 1. The Labute approximate surface area is 84.9 Å². The SMILES string of the molecule is O=[N+]([O-])c1ccc2nn(CCO)cc2c1. The number of non-ortho nitro benzene ring substituents is 1. The lowest BCUT2D eigenvalue weighted by atomic mass is 10.2. The standard InChI is InChI=1S/C9H9N3O3/c13-4-3-11-6-7-5-8(12(14)15)1-2-9(7)10-11/h1-2,5-6,13H,3-4H2. The Morgan fingerprint density at radius 3 is 3.00 bits per heavy atom. The van der Waals surface area contributed by atoms with Crippen LogP contribution in [0.4, 0.5) is 5.69 Å². The minimum atomic E-state index is -0.442. The average molecular weight is 207 g/mol. The topological polar surface area (TPSA) is 81.2 Å². The van der Waals surface area contributed by atoms with E-state index in [1.165, 1.54) is 12.1 Å². The van der Waals surface area contributed by atoms with Crippen LogP contribution in [0.3, 0.4) is 0 Å². The Morgan fingerprint density at radius 2 is 2.33 bits per heavy atom. The molecule has 0 amide bonds. The van der Waals surface area contributed by atoms with Crippen molar-refractivity contribution < 1.29 is 10.0 Å². The third kappa shape index (κ3) is 1.79. The zero-order valence-corrected chi connectivity index (χ0v) is 7.83. The van der Waals surface area contributed by atoms with E-state index in [1.807, 2.05) is 0 Å². The molecule has 6 heteroatoms. The summed E-state index contributed by atoms with van der Waals surface area (Å²) in [6.07, 6.45) is 1.68. The number of aromatic nitrogens is 2. The van der Waals surface area contributed by atoms with Gasteiger partial charge in [-0.1, -0.05) is 0 Å². The van der Waals surface area contributed by atoms with Gasteiger partial charge >= 0.3 is 0 Å². The van der Waals surface area contributed by atoms with Crippen LogP contribution >= 0.6 is 0 Å². The highest BCUT2D eigenvalue weighted by atomic mass is 16.6. The summed E-state index contributed by atoms with van der Waals surface area (Å²) >= 11 is 0. The number of aliphatic hydroxyl groups excluding tert-OH is 1. The van der Waals surface area contributed by atoms with Gasteiger partial charge in [-0.2, -0.15) is 5.10 Å². The molecule has 0 aliphatic rings. The highest BCUT2D eigenvalue weighted by Crippen LogP contribution is 2.19. The van der Waals surface area contributed by atoms with Gasteiger partial charge in [-0.15, -0.1) is 0 Å². The van der Waals surface area contributed by atoms with E-state index in [-0.39, 0.29) is 12.3 Å². The van der Waals surface area contributed by atoms with E-state index < -0.39 is 4.92 Å². The van der Waals surface area contributed by atoms with Crippen molar-refractivity contribution >= 4 is 16.6 Å². The van der Waals surface area contributed by atoms with Crippen molar-refractivity contribution in [2.75, 3.05) is 6.61 Å². The Hall–Kier alpha value is -1.95. The zero-order valence-electron chi connectivity index (χ0n) is 7.83. The average Bonchev–Trinajstić information content (AvgIpc) is 2.59. The van der Waals surface area contributed by atoms with Crippen LogP contribution in [0.25, 0.3) is 10.9 Å². The molecule has 0 saturated carbocycles. The highest BCUT2D eigenvalue weighted by Gasteiger charge is 2.08. The minimum Gasteiger partial charge on any atom is -0.394 e. The number of benzene rings is 1. The quantitative estimate of drug-likeness (QED) is 0.599. The lowest BCUT2D eigenvalue weighted by molar-refractivity contribution is -0.384. The summed E-state index contributed by atoms with van der Waals surface area (Å²) in [5, 5.41) is 24.1. The normalized spacial score (nSPS) is 10.7. The molecule has 0 atom stereocenters. The molecule has 1 aromatic heterocycles. The maximum absolute atomic E-state index is 10.5. The Bertz CT molecular complexity index is 506. The van der Waals surface area contributed by atoms with Gasteiger partial charge in [0.1, 0.15) is 0 Å². The summed E-state index contributed by atoms with van der Waals surface area (Å²) < 4.78 is 1.56. The second kappa shape index (κ2) is 3.66. The Balaban J connectivity index is 2.47. The van der Waals surface area contributed by atoms with Gasteiger partial charge in [0.2, 0.25) is 0 Å². The fraction of sp³-hybridized carbons (Fsp3) is 0.222. The predicted molar refractivity (Wildman–Crippen MR) is 53.5 cm³/mol. The molecule has 0 aliphatic heterocycles. The van der Waals surface area contributed by atoms with Gasteiger partial charge in [0, 0.05) is 23.7 Å². The molecule has 0 radical (unpaired) electrons. The van der Waals surface area contributed by atoms with Crippen LogP contribution in [0.2, 0.25) is 0 Å². The van der Waals surface area contributed by atoms with Gasteiger partial charge in [0.25, 0.3) is 5.69 Å². The number of rotatable bonds is 3. The van der Waals surface area contributed by atoms with Crippen LogP contribution in [0.5, 0.6) is 0 Å². The molecule has 1 heterocycles. The van der Waals surface area contributed by atoms with Gasteiger partial charge in [0.15, 0.2) is 0 Å². The Kier molecular flexibility index (Phi) is 2.34. The molecule has 0 aliphatic carbocycles. The lowest BCUT2D eigenvalue weighted by Gasteiger charge is -1.92. The van der Waals surface area contributed by atoms with Crippen LogP contribution in [-0.4, -0.2) is 26.4 Å². The summed E-state index contributed by atoms with van der Waals surface area (Å²) in [5.41, 5.74) is 0.736. The summed E-state index contributed by atoms with van der Waals surface area (Å²) in [6, 6.07) is 4.48. The van der Waals surface area contributed by atoms with E-state index in [2.05, 4.69) is 5.10 Å². The van der Waals surface area contributed by atoms with Crippen molar-refractivity contribution in [1.82, 2.24) is 9.78 Å². The Morgan fingerprint density at radius 1 is 1.53 bits per heavy atom. The number of hydrogen-bond acceptors (Lipinski definition) is 4. The van der Waals surface area contributed by atoms with Crippen molar-refractivity contribution in [2.45, 2.75) is 6.54 Å². The van der Waals surface area contributed by atoms with E-state index in [4.69, 9.17) is 5.11 Å². The lowest BCUT2D eigenvalue weighted by Crippen LogP contribution is -2.01. The van der Waals surface area contributed by atoms with Gasteiger partial charge in [0.05, 0.1) is 23.6 Å². The summed E-state index contributed by atoms with van der Waals surface area (Å²) in [7, 11) is 0. The maximum atomic E-state index is 10.5. The second-order valence-corrected chi connectivity index (χ2v) is 3.12. The first-order chi connectivity index (χ1) is 7.20. The second-order valence-electron chi connectivity index (χ2n) is 3.12. The summed E-state index contributed by atoms with van der Waals surface area (Å²) in [4.78, 5) is 10.1. The molecule has 0 spiro atoms. The molecule has 2 rings (SSSR count). The molecular weight excluding hydrogens is 198 g/mol. The fourth-order valence-corrected chi connectivity index (χ4v) is 1.39. The third-order valence-electron chi connectivity index (χ3n) is 2.08. The van der Waals surface area contributed by atoms with Crippen molar-refractivity contribution in [3.8, 4) is 0 Å². The van der Waals surface area contributed by atoms with Gasteiger partial charge < -0.3 is 5.11 Å². The van der Waals surface area contributed by atoms with E-state index in [1.54, 1.807) is 16.9 Å². The van der Waals surface area contributed by atoms with Crippen molar-refractivity contribution in [3.05, 3.63) is 34.5 Å². The number of nitro benzene ring substituents is 1. The monoisotopic (exact) mass is 207 g/mol. The molecule has 0 fully saturated rings. The van der Waals surface area contributed by atoms with Crippen LogP contribution < -0.4 is 0 Å². The highest BCUT2D eigenvalue weighted by molar-refractivity contribution is 5.80. The molecule has 15 heavy (non-hydrogen) atoms. The number of aliphatic hydroxyl groups is 1. The van der Waals surface area contributed by atoms with Crippen LogP contribution in [0.15, 0.2) is 24.4 Å². The molecule has 6 nitrogen and oxygen atoms in total. The van der Waals surface area contributed by atoms with Crippen LogP contribution in [-0.2, 0) is 6.54 Å². The summed E-state index contributed by atoms with van der Waals surface area (Å²) in [5.74, 6) is 0. The predicted octanol–water partition coefficient (Wildman–Crippen LogP) is 0.937. The van der Waals surface area contributed by atoms with E-state index in [9.17, 15) is 10.1 Å². The first kappa shape index (κ1) is 9.60. The molecular formula is C9H9N3O3. The van der Waals surface area contributed by atoms with Crippen molar-refractivity contribution in [2.24, 2.45) is 0 Å². The largest absolute Gasteiger partial charge is 0.394 e. The molecule has 1 aromatic carbocycles. The van der Waals surface area contributed by atoms with Gasteiger partial charge in [-0.25, -0.2) is 0 Å². The molecule has 0 unspecified atom stereocenters. The van der Waals surface area contributed by atoms with E-state index in [0.717, 1.165) is 0 Å². The maximum Gasteiger partial charge on any atom is 0.270 e. The minimum absolute atomic E-state index is 0.00389. The van der Waals surface area contributed by atoms with Gasteiger partial charge in [-0.3, -0.25) is 14.8 Å². The molecule has 0 bridgehead atoms. The number of nitro groups is 1. The fourth-order valence-electron chi connectivity index (χ4n) is 1.39. The first-order valence-corrected chi connectivity index (χ1v) is 4.43. The van der Waals surface area contributed by atoms with Crippen molar-refractivity contribution in [1.29, 1.82) is 0 Å². The smallest absolute Gasteiger partial charge is 0.270 e. The zero-order chi connectivity index (χ0) is 10.8. The molecule has 0 saturated heterocycles. The molecule has 1 N–H and O–H groups in total. The van der Waals surface area contributed by atoms with E-state index in [0.29, 0.717) is 17.4 Å². The van der Waals surface area contributed by atoms with E-state index >= 15 is 0 Å². The first-order valence-electron chi connectivity index (χ1n) is 4.43. The number of nitrogens with zero attached hydrogens (tertiary/aromatic N) is 3. The number of fused-ring (bicyclic) bond motifs is 1. The van der Waals surface area contributed by atoms with Crippen LogP contribution in [0.1, 0.15) is 0 Å². The van der Waals surface area contributed by atoms with Gasteiger partial charge in [-0.05, 0) is 6.07 Å². The van der Waals surface area contributed by atoms with Crippen LogP contribution in [0, 0.1) is 10.1 Å². The third-order valence-corrected chi connectivity index (χ3v) is 2.08.